The maximum Gasteiger partial charge on any atom is 0.231 e. The van der Waals surface area contributed by atoms with Crippen molar-refractivity contribution in [2.75, 3.05) is 39.8 Å². The Morgan fingerprint density at radius 1 is 1.59 bits per heavy atom. The van der Waals surface area contributed by atoms with Crippen molar-refractivity contribution in [3.63, 3.8) is 0 Å². The molecule has 0 spiro atoms. The summed E-state index contributed by atoms with van der Waals surface area (Å²) in [5.41, 5.74) is 6.96. The number of hydrogen-bond acceptors (Lipinski definition) is 5. The van der Waals surface area contributed by atoms with Gasteiger partial charge in [-0.1, -0.05) is 12.1 Å². The zero-order chi connectivity index (χ0) is 15.9. The molecule has 1 aliphatic rings. The smallest absolute Gasteiger partial charge is 0.231 e. The molecule has 118 valence electrons. The van der Waals surface area contributed by atoms with Gasteiger partial charge < -0.3 is 15.4 Å². The second-order valence-electron chi connectivity index (χ2n) is 5.70. The summed E-state index contributed by atoms with van der Waals surface area (Å²) in [4.78, 5) is 15.5. The highest BCUT2D eigenvalue weighted by atomic mass is 16.5. The number of amides is 1. The van der Waals surface area contributed by atoms with Gasteiger partial charge in [-0.3, -0.25) is 9.69 Å². The van der Waals surface area contributed by atoms with Crippen LogP contribution in [0.15, 0.2) is 24.3 Å². The standard InChI is InChI=1S/C16H22N4O2/c1-19-5-6-22-15(10-19)11-20(12-16(18)21)9-14-4-2-3-13(7-14)8-17/h2-4,7,15H,5-6,9-12H2,1H3,(H2,18,21)/t15-/m1/s1. The second kappa shape index (κ2) is 7.90. The van der Waals surface area contributed by atoms with Gasteiger partial charge >= 0.3 is 0 Å². The molecule has 1 aromatic rings. The van der Waals surface area contributed by atoms with E-state index in [0.717, 1.165) is 18.7 Å². The summed E-state index contributed by atoms with van der Waals surface area (Å²) in [6, 6.07) is 9.52. The molecule has 0 bridgehead atoms. The number of carbonyl (C=O) groups is 1. The summed E-state index contributed by atoms with van der Waals surface area (Å²) in [6.45, 7) is 3.87. The molecule has 1 fully saturated rings. The highest BCUT2D eigenvalue weighted by molar-refractivity contribution is 5.75. The van der Waals surface area contributed by atoms with Gasteiger partial charge in [-0.05, 0) is 24.7 Å². The molecule has 2 N–H and O–H groups in total. The van der Waals surface area contributed by atoms with Crippen LogP contribution in [0.1, 0.15) is 11.1 Å². The van der Waals surface area contributed by atoms with Gasteiger partial charge in [0.2, 0.25) is 5.91 Å². The number of nitrogens with two attached hydrogens (primary N) is 1. The van der Waals surface area contributed by atoms with E-state index in [2.05, 4.69) is 18.0 Å². The monoisotopic (exact) mass is 302 g/mol. The van der Waals surface area contributed by atoms with Crippen molar-refractivity contribution < 1.29 is 9.53 Å². The maximum absolute atomic E-state index is 11.3. The van der Waals surface area contributed by atoms with Crippen LogP contribution in [0.25, 0.3) is 0 Å². The van der Waals surface area contributed by atoms with Gasteiger partial charge in [0, 0.05) is 26.2 Å². The largest absolute Gasteiger partial charge is 0.374 e. The third kappa shape index (κ3) is 5.11. The molecule has 0 aliphatic carbocycles. The number of ether oxygens (including phenoxy) is 1. The molecule has 1 atom stereocenters. The van der Waals surface area contributed by atoms with E-state index in [9.17, 15) is 4.79 Å². The van der Waals surface area contributed by atoms with Gasteiger partial charge in [0.05, 0.1) is 30.9 Å². The normalized spacial score (nSPS) is 19.0. The average Bonchev–Trinajstić information content (AvgIpc) is 2.46. The van der Waals surface area contributed by atoms with E-state index in [1.54, 1.807) is 6.07 Å². The van der Waals surface area contributed by atoms with E-state index in [1.165, 1.54) is 0 Å². The van der Waals surface area contributed by atoms with Crippen LogP contribution in [-0.4, -0.2) is 61.6 Å². The molecule has 1 aliphatic heterocycles. The molecule has 0 aromatic heterocycles. The van der Waals surface area contributed by atoms with Gasteiger partial charge in [-0.25, -0.2) is 0 Å². The molecule has 0 radical (unpaired) electrons. The molecule has 1 amide bonds. The van der Waals surface area contributed by atoms with Crippen molar-refractivity contribution in [3.05, 3.63) is 35.4 Å². The van der Waals surface area contributed by atoms with Crippen molar-refractivity contribution in [2.45, 2.75) is 12.6 Å². The molecular formula is C16H22N4O2. The number of hydrogen-bond donors (Lipinski definition) is 1. The van der Waals surface area contributed by atoms with E-state index in [4.69, 9.17) is 15.7 Å². The van der Waals surface area contributed by atoms with Crippen molar-refractivity contribution in [1.29, 1.82) is 5.26 Å². The van der Waals surface area contributed by atoms with Crippen LogP contribution in [0.3, 0.4) is 0 Å². The molecule has 6 nitrogen and oxygen atoms in total. The molecule has 6 heteroatoms. The van der Waals surface area contributed by atoms with Gasteiger partial charge in [0.1, 0.15) is 0 Å². The van der Waals surface area contributed by atoms with Crippen LogP contribution in [0.5, 0.6) is 0 Å². The van der Waals surface area contributed by atoms with Crippen molar-refractivity contribution in [1.82, 2.24) is 9.80 Å². The van der Waals surface area contributed by atoms with Crippen LogP contribution < -0.4 is 5.73 Å². The third-order valence-corrected chi connectivity index (χ3v) is 3.65. The zero-order valence-corrected chi connectivity index (χ0v) is 12.9. The van der Waals surface area contributed by atoms with Gasteiger partial charge in [-0.2, -0.15) is 5.26 Å². The van der Waals surface area contributed by atoms with Crippen LogP contribution >= 0.6 is 0 Å². The second-order valence-corrected chi connectivity index (χ2v) is 5.70. The van der Waals surface area contributed by atoms with Gasteiger partial charge in [-0.15, -0.1) is 0 Å². The molecule has 0 saturated carbocycles. The summed E-state index contributed by atoms with van der Waals surface area (Å²) in [7, 11) is 2.06. The Hall–Kier alpha value is -1.94. The lowest BCUT2D eigenvalue weighted by Gasteiger charge is -2.33. The topological polar surface area (TPSA) is 82.6 Å². The average molecular weight is 302 g/mol. The van der Waals surface area contributed by atoms with Crippen LogP contribution in [0, 0.1) is 11.3 Å². The minimum atomic E-state index is -0.361. The molecule has 2 rings (SSSR count). The Kier molecular flexibility index (Phi) is 5.90. The lowest BCUT2D eigenvalue weighted by atomic mass is 10.1. The van der Waals surface area contributed by atoms with Gasteiger partial charge in [0.15, 0.2) is 0 Å². The molecule has 1 aromatic carbocycles. The number of likely N-dealkylation sites (N-methyl/N-ethyl adjacent to an activating group) is 1. The fourth-order valence-electron chi connectivity index (χ4n) is 2.67. The van der Waals surface area contributed by atoms with Crippen LogP contribution in [0.4, 0.5) is 0 Å². The number of nitriles is 1. The molecule has 0 unspecified atom stereocenters. The number of primary amides is 1. The molecule has 22 heavy (non-hydrogen) atoms. The van der Waals surface area contributed by atoms with E-state index >= 15 is 0 Å². The number of nitrogens with zero attached hydrogens (tertiary/aromatic N) is 3. The van der Waals surface area contributed by atoms with E-state index in [1.807, 2.05) is 23.1 Å². The molecule has 1 saturated heterocycles. The number of carbonyl (C=O) groups excluding carboxylic acids is 1. The first kappa shape index (κ1) is 16.4. The zero-order valence-electron chi connectivity index (χ0n) is 12.9. The van der Waals surface area contributed by atoms with Crippen LogP contribution in [-0.2, 0) is 16.1 Å². The highest BCUT2D eigenvalue weighted by Crippen LogP contribution is 2.11. The number of benzene rings is 1. The van der Waals surface area contributed by atoms with E-state index in [0.29, 0.717) is 25.3 Å². The molecular weight excluding hydrogens is 280 g/mol. The summed E-state index contributed by atoms with van der Waals surface area (Å²) >= 11 is 0. The quantitative estimate of drug-likeness (QED) is 0.810. The minimum Gasteiger partial charge on any atom is -0.374 e. The Morgan fingerprint density at radius 3 is 3.09 bits per heavy atom. The van der Waals surface area contributed by atoms with Crippen LogP contribution in [0.2, 0.25) is 0 Å². The third-order valence-electron chi connectivity index (χ3n) is 3.65. The van der Waals surface area contributed by atoms with E-state index in [-0.39, 0.29) is 18.6 Å². The summed E-state index contributed by atoms with van der Waals surface area (Å²) in [5, 5.41) is 8.97. The summed E-state index contributed by atoms with van der Waals surface area (Å²) in [6.07, 6.45) is 0.0669. The first-order valence-corrected chi connectivity index (χ1v) is 7.36. The fraction of sp³-hybridized carbons (Fsp3) is 0.500. The fourth-order valence-corrected chi connectivity index (χ4v) is 2.67. The predicted octanol–water partition coefficient (Wildman–Crippen LogP) is 0.176. The Labute approximate surface area is 131 Å². The molecule has 1 heterocycles. The first-order valence-electron chi connectivity index (χ1n) is 7.36. The maximum atomic E-state index is 11.3. The Balaban J connectivity index is 2.02. The van der Waals surface area contributed by atoms with Crippen molar-refractivity contribution in [3.8, 4) is 6.07 Å². The Bertz CT molecular complexity index is 555. The predicted molar refractivity (Wildman–Crippen MR) is 82.9 cm³/mol. The van der Waals surface area contributed by atoms with Gasteiger partial charge in [0.25, 0.3) is 0 Å². The highest BCUT2D eigenvalue weighted by Gasteiger charge is 2.21. The van der Waals surface area contributed by atoms with Crippen molar-refractivity contribution in [2.24, 2.45) is 5.73 Å². The number of rotatable bonds is 6. The van der Waals surface area contributed by atoms with Crippen molar-refractivity contribution >= 4 is 5.91 Å². The minimum absolute atomic E-state index is 0.0669. The summed E-state index contributed by atoms with van der Waals surface area (Å²) < 4.78 is 5.76. The SMILES string of the molecule is CN1CCO[C@@H](CN(CC(N)=O)Cc2cccc(C#N)c2)C1. The lowest BCUT2D eigenvalue weighted by Crippen LogP contribution is -2.47. The number of morpholine rings is 1. The Morgan fingerprint density at radius 2 is 2.41 bits per heavy atom. The summed E-state index contributed by atoms with van der Waals surface area (Å²) in [5.74, 6) is -0.361. The first-order chi connectivity index (χ1) is 10.6. The lowest BCUT2D eigenvalue weighted by molar-refractivity contribution is -0.120. The van der Waals surface area contributed by atoms with E-state index < -0.39 is 0 Å².